The van der Waals surface area contributed by atoms with E-state index in [4.69, 9.17) is 11.6 Å². The van der Waals surface area contributed by atoms with Gasteiger partial charge in [-0.25, -0.2) is 13.1 Å². The van der Waals surface area contributed by atoms with Gasteiger partial charge in [-0.15, -0.1) is 0 Å². The summed E-state index contributed by atoms with van der Waals surface area (Å²) in [6.07, 6.45) is 1.12. The predicted molar refractivity (Wildman–Crippen MR) is 103 cm³/mol. The Kier molecular flexibility index (Phi) is 4.13. The van der Waals surface area contributed by atoms with Gasteiger partial charge in [0.15, 0.2) is 0 Å². The number of phenolic OH excluding ortho intramolecular Hbond substituents is 1. The molecule has 138 valence electrons. The maximum Gasteiger partial charge on any atom is 0.264 e. The van der Waals surface area contributed by atoms with Crippen LogP contribution in [0.1, 0.15) is 18.4 Å². The van der Waals surface area contributed by atoms with E-state index in [0.717, 1.165) is 0 Å². The molecular weight excluding hydrogens is 386 g/mol. The molecule has 0 bridgehead atoms. The molecule has 0 heterocycles. The van der Waals surface area contributed by atoms with Gasteiger partial charge < -0.3 is 5.11 Å². The number of benzene rings is 3. The summed E-state index contributed by atoms with van der Waals surface area (Å²) in [6.45, 7) is 0. The van der Waals surface area contributed by atoms with Gasteiger partial charge in [0.25, 0.3) is 10.0 Å². The van der Waals surface area contributed by atoms with E-state index in [-0.39, 0.29) is 10.6 Å². The lowest BCUT2D eigenvalue weighted by Crippen LogP contribution is -2.38. The first-order chi connectivity index (χ1) is 12.8. The van der Waals surface area contributed by atoms with Crippen molar-refractivity contribution in [2.24, 2.45) is 0 Å². The monoisotopic (exact) mass is 401 g/mol. The number of hydrogen-bond acceptors (Lipinski definition) is 4. The molecule has 1 fully saturated rings. The summed E-state index contributed by atoms with van der Waals surface area (Å²) >= 11 is 6.02. The van der Waals surface area contributed by atoms with Gasteiger partial charge in [0.2, 0.25) is 5.91 Å². The highest BCUT2D eigenvalue weighted by Crippen LogP contribution is 2.49. The Balaban J connectivity index is 1.71. The number of amides is 1. The number of sulfonamides is 1. The molecule has 1 aliphatic carbocycles. The number of carbonyl (C=O) groups is 1. The van der Waals surface area contributed by atoms with Gasteiger partial charge in [-0.2, -0.15) is 0 Å². The third kappa shape index (κ3) is 3.05. The highest BCUT2D eigenvalue weighted by atomic mass is 35.5. The van der Waals surface area contributed by atoms with Gasteiger partial charge in [0, 0.05) is 15.8 Å². The number of fused-ring (bicyclic) bond motifs is 1. The molecule has 0 unspecified atom stereocenters. The minimum atomic E-state index is -4.11. The third-order valence-electron chi connectivity index (χ3n) is 4.94. The molecule has 0 spiro atoms. The summed E-state index contributed by atoms with van der Waals surface area (Å²) in [6, 6.07) is 16.1. The lowest BCUT2D eigenvalue weighted by Gasteiger charge is -2.17. The van der Waals surface area contributed by atoms with Crippen LogP contribution in [0.5, 0.6) is 5.75 Å². The van der Waals surface area contributed by atoms with Crippen LogP contribution in [0.25, 0.3) is 10.8 Å². The van der Waals surface area contributed by atoms with Crippen LogP contribution in [0.3, 0.4) is 0 Å². The standard InChI is InChI=1S/C20H16ClNO4S/c21-14-5-1-4-13(12-14)20(10-11-20)19(24)22-27(25,26)18-9-3-6-15-16(18)7-2-8-17(15)23/h1-9,12,23H,10-11H2,(H,22,24). The van der Waals surface area contributed by atoms with Crippen LogP contribution >= 0.6 is 11.6 Å². The number of halogens is 1. The largest absolute Gasteiger partial charge is 0.507 e. The average Bonchev–Trinajstić information content (AvgIpc) is 3.43. The number of carbonyl (C=O) groups excluding carboxylic acids is 1. The second-order valence-electron chi connectivity index (χ2n) is 6.66. The van der Waals surface area contributed by atoms with E-state index in [1.807, 2.05) is 0 Å². The van der Waals surface area contributed by atoms with Crippen LogP contribution in [0.15, 0.2) is 65.6 Å². The van der Waals surface area contributed by atoms with Crippen molar-refractivity contribution in [2.45, 2.75) is 23.2 Å². The van der Waals surface area contributed by atoms with E-state index in [0.29, 0.717) is 34.2 Å². The molecule has 0 aliphatic heterocycles. The van der Waals surface area contributed by atoms with E-state index >= 15 is 0 Å². The van der Waals surface area contributed by atoms with Gasteiger partial charge in [-0.3, -0.25) is 4.79 Å². The first-order valence-electron chi connectivity index (χ1n) is 8.37. The van der Waals surface area contributed by atoms with Crippen LogP contribution in [-0.2, 0) is 20.2 Å². The highest BCUT2D eigenvalue weighted by Gasteiger charge is 2.52. The molecule has 2 N–H and O–H groups in total. The van der Waals surface area contributed by atoms with Crippen molar-refractivity contribution in [1.29, 1.82) is 0 Å². The summed E-state index contributed by atoms with van der Waals surface area (Å²) in [5.41, 5.74) is -0.164. The zero-order valence-electron chi connectivity index (χ0n) is 14.1. The molecule has 4 rings (SSSR count). The molecule has 7 heteroatoms. The van der Waals surface area contributed by atoms with Crippen molar-refractivity contribution in [1.82, 2.24) is 4.72 Å². The molecule has 1 saturated carbocycles. The second kappa shape index (κ2) is 6.25. The number of rotatable bonds is 4. The first kappa shape index (κ1) is 17.8. The fraction of sp³-hybridized carbons (Fsp3) is 0.150. The molecule has 0 radical (unpaired) electrons. The van der Waals surface area contributed by atoms with E-state index < -0.39 is 21.3 Å². The fourth-order valence-electron chi connectivity index (χ4n) is 3.33. The zero-order chi connectivity index (χ0) is 19.2. The Labute approximate surface area is 161 Å². The van der Waals surface area contributed by atoms with Gasteiger partial charge in [0.05, 0.1) is 10.3 Å². The molecule has 27 heavy (non-hydrogen) atoms. The Morgan fingerprint density at radius 3 is 2.37 bits per heavy atom. The normalized spacial score (nSPS) is 15.4. The lowest BCUT2D eigenvalue weighted by atomic mass is 9.95. The highest BCUT2D eigenvalue weighted by molar-refractivity contribution is 7.90. The maximum absolute atomic E-state index is 12.9. The smallest absolute Gasteiger partial charge is 0.264 e. The van der Waals surface area contributed by atoms with Gasteiger partial charge in [-0.05, 0) is 42.7 Å². The van der Waals surface area contributed by atoms with E-state index in [1.54, 1.807) is 42.5 Å². The van der Waals surface area contributed by atoms with Crippen molar-refractivity contribution in [2.75, 3.05) is 0 Å². The summed E-state index contributed by atoms with van der Waals surface area (Å²) in [4.78, 5) is 12.8. The molecule has 0 saturated heterocycles. The summed E-state index contributed by atoms with van der Waals surface area (Å²) in [7, 11) is -4.11. The molecule has 1 aliphatic rings. The quantitative estimate of drug-likeness (QED) is 0.697. The SMILES string of the molecule is O=C(NS(=O)(=O)c1cccc2c(O)cccc12)C1(c2cccc(Cl)c2)CC1. The Bertz CT molecular complexity index is 1170. The molecule has 3 aromatic rings. The van der Waals surface area contributed by atoms with Gasteiger partial charge in [-0.1, -0.05) is 48.0 Å². The molecule has 5 nitrogen and oxygen atoms in total. The van der Waals surface area contributed by atoms with Crippen molar-refractivity contribution >= 4 is 38.3 Å². The van der Waals surface area contributed by atoms with Crippen molar-refractivity contribution in [3.05, 3.63) is 71.2 Å². The Morgan fingerprint density at radius 2 is 1.67 bits per heavy atom. The molecule has 3 aromatic carbocycles. The number of phenols is 1. The van der Waals surface area contributed by atoms with Crippen LogP contribution in [0, 0.1) is 0 Å². The second-order valence-corrected chi connectivity index (χ2v) is 8.74. The van der Waals surface area contributed by atoms with Crippen molar-refractivity contribution < 1.29 is 18.3 Å². The minimum Gasteiger partial charge on any atom is -0.507 e. The average molecular weight is 402 g/mol. The maximum atomic E-state index is 12.9. The summed E-state index contributed by atoms with van der Waals surface area (Å²) in [5.74, 6) is -0.588. The van der Waals surface area contributed by atoms with Crippen LogP contribution in [0.4, 0.5) is 0 Å². The molecule has 0 atom stereocenters. The minimum absolute atomic E-state index is 0.0199. The Morgan fingerprint density at radius 1 is 1.00 bits per heavy atom. The van der Waals surface area contributed by atoms with E-state index in [1.165, 1.54) is 18.2 Å². The topological polar surface area (TPSA) is 83.5 Å². The van der Waals surface area contributed by atoms with Crippen molar-refractivity contribution in [3.63, 3.8) is 0 Å². The van der Waals surface area contributed by atoms with Crippen molar-refractivity contribution in [3.8, 4) is 5.75 Å². The first-order valence-corrected chi connectivity index (χ1v) is 10.2. The summed E-state index contributed by atoms with van der Waals surface area (Å²) < 4.78 is 28.0. The molecule has 1 amide bonds. The fourth-order valence-corrected chi connectivity index (χ4v) is 4.80. The van der Waals surface area contributed by atoms with Crippen LogP contribution < -0.4 is 4.72 Å². The van der Waals surface area contributed by atoms with E-state index in [9.17, 15) is 18.3 Å². The van der Waals surface area contributed by atoms with Gasteiger partial charge in [0.1, 0.15) is 5.75 Å². The lowest BCUT2D eigenvalue weighted by molar-refractivity contribution is -0.121. The zero-order valence-corrected chi connectivity index (χ0v) is 15.7. The predicted octanol–water partition coefficient (Wildman–Crippen LogP) is 3.74. The number of hydrogen-bond donors (Lipinski definition) is 2. The summed E-state index contributed by atoms with van der Waals surface area (Å²) in [5, 5.41) is 11.2. The van der Waals surface area contributed by atoms with E-state index in [2.05, 4.69) is 4.72 Å². The Hall–Kier alpha value is -2.57. The number of nitrogens with one attached hydrogen (secondary N) is 1. The van der Waals surface area contributed by atoms with Crippen LogP contribution in [0.2, 0.25) is 5.02 Å². The third-order valence-corrected chi connectivity index (χ3v) is 6.56. The molecular formula is C20H16ClNO4S. The molecule has 0 aromatic heterocycles. The van der Waals surface area contributed by atoms with Gasteiger partial charge >= 0.3 is 0 Å². The number of aromatic hydroxyl groups is 1. The van der Waals surface area contributed by atoms with Crippen LogP contribution in [-0.4, -0.2) is 19.4 Å².